The molecular formula is C18H16BrN3O3. The molecular weight excluding hydrogens is 386 g/mol. The maximum atomic E-state index is 12.0. The average Bonchev–Trinajstić information content (AvgIpc) is 3.08. The lowest BCUT2D eigenvalue weighted by atomic mass is 10.0. The van der Waals surface area contributed by atoms with Crippen molar-refractivity contribution in [3.8, 4) is 11.4 Å². The molecule has 0 bridgehead atoms. The summed E-state index contributed by atoms with van der Waals surface area (Å²) >= 11 is 3.26. The Labute approximate surface area is 153 Å². The minimum atomic E-state index is -0.505. The average molecular weight is 402 g/mol. The third kappa shape index (κ3) is 4.30. The van der Waals surface area contributed by atoms with E-state index in [1.54, 1.807) is 12.3 Å². The van der Waals surface area contributed by atoms with Gasteiger partial charge in [0, 0.05) is 22.4 Å². The van der Waals surface area contributed by atoms with Crippen molar-refractivity contribution < 1.29 is 14.1 Å². The van der Waals surface area contributed by atoms with Gasteiger partial charge in [-0.2, -0.15) is 4.98 Å². The summed E-state index contributed by atoms with van der Waals surface area (Å²) in [7, 11) is 0. The molecule has 1 aromatic carbocycles. The number of halogens is 1. The van der Waals surface area contributed by atoms with E-state index in [1.165, 1.54) is 11.8 Å². The van der Waals surface area contributed by atoms with Crippen LogP contribution in [0.2, 0.25) is 0 Å². The zero-order chi connectivity index (χ0) is 17.8. The molecule has 0 saturated heterocycles. The minimum Gasteiger partial charge on any atom is -0.452 e. The third-order valence-corrected chi connectivity index (χ3v) is 4.00. The van der Waals surface area contributed by atoms with E-state index in [-0.39, 0.29) is 12.5 Å². The highest BCUT2D eigenvalue weighted by Crippen LogP contribution is 2.20. The predicted octanol–water partition coefficient (Wildman–Crippen LogP) is 4.37. The summed E-state index contributed by atoms with van der Waals surface area (Å²) in [5.74, 6) is 0.654. The molecule has 0 atom stereocenters. The highest BCUT2D eigenvalue weighted by molar-refractivity contribution is 9.10. The Bertz CT molecular complexity index is 875. The number of hydrogen-bond acceptors (Lipinski definition) is 6. The van der Waals surface area contributed by atoms with Gasteiger partial charge >= 0.3 is 5.97 Å². The summed E-state index contributed by atoms with van der Waals surface area (Å²) in [5.41, 5.74) is 2.43. The van der Waals surface area contributed by atoms with Gasteiger partial charge in [0.1, 0.15) is 0 Å². The summed E-state index contributed by atoms with van der Waals surface area (Å²) in [5, 5.41) is 3.93. The third-order valence-electron chi connectivity index (χ3n) is 3.57. The monoisotopic (exact) mass is 401 g/mol. The molecule has 25 heavy (non-hydrogen) atoms. The van der Waals surface area contributed by atoms with Crippen LogP contribution in [0.4, 0.5) is 0 Å². The summed E-state index contributed by atoms with van der Waals surface area (Å²) in [6.45, 7) is 4.18. The number of esters is 1. The van der Waals surface area contributed by atoms with Gasteiger partial charge in [-0.05, 0) is 33.5 Å². The second kappa shape index (κ2) is 7.57. The number of benzene rings is 1. The Morgan fingerprint density at radius 3 is 2.68 bits per heavy atom. The van der Waals surface area contributed by atoms with Crippen LogP contribution in [0, 0.1) is 0 Å². The van der Waals surface area contributed by atoms with Crippen molar-refractivity contribution in [2.75, 3.05) is 0 Å². The van der Waals surface area contributed by atoms with Crippen LogP contribution >= 0.6 is 15.9 Å². The van der Waals surface area contributed by atoms with Crippen LogP contribution in [-0.2, 0) is 11.3 Å². The largest absolute Gasteiger partial charge is 0.452 e. The van der Waals surface area contributed by atoms with Gasteiger partial charge in [-0.1, -0.05) is 43.3 Å². The molecule has 2 heterocycles. The lowest BCUT2D eigenvalue weighted by Gasteiger charge is -2.04. The van der Waals surface area contributed by atoms with Gasteiger partial charge in [0.25, 0.3) is 5.89 Å². The summed E-state index contributed by atoms with van der Waals surface area (Å²) in [6.07, 6.45) is 3.02. The van der Waals surface area contributed by atoms with Gasteiger partial charge < -0.3 is 9.26 Å². The minimum absolute atomic E-state index is 0.0948. The number of aromatic nitrogens is 3. The van der Waals surface area contributed by atoms with Crippen LogP contribution < -0.4 is 0 Å². The quantitative estimate of drug-likeness (QED) is 0.590. The molecule has 0 saturated carbocycles. The van der Waals surface area contributed by atoms with Crippen molar-refractivity contribution in [1.82, 2.24) is 15.1 Å². The van der Waals surface area contributed by atoms with E-state index < -0.39 is 5.97 Å². The summed E-state index contributed by atoms with van der Waals surface area (Å²) < 4.78 is 11.0. The molecule has 7 heteroatoms. The van der Waals surface area contributed by atoms with Gasteiger partial charge in [0.05, 0.1) is 5.56 Å². The number of carbonyl (C=O) groups is 1. The fraction of sp³-hybridized carbons (Fsp3) is 0.222. The fourth-order valence-corrected chi connectivity index (χ4v) is 2.55. The van der Waals surface area contributed by atoms with E-state index in [2.05, 4.69) is 44.9 Å². The molecule has 0 aliphatic rings. The second-order valence-electron chi connectivity index (χ2n) is 5.76. The van der Waals surface area contributed by atoms with Gasteiger partial charge in [0.15, 0.2) is 6.61 Å². The Kier molecular flexibility index (Phi) is 5.23. The van der Waals surface area contributed by atoms with Crippen LogP contribution in [0.5, 0.6) is 0 Å². The molecule has 0 unspecified atom stereocenters. The van der Waals surface area contributed by atoms with Crippen LogP contribution in [0.3, 0.4) is 0 Å². The zero-order valence-corrected chi connectivity index (χ0v) is 15.4. The zero-order valence-electron chi connectivity index (χ0n) is 13.8. The molecule has 0 radical (unpaired) electrons. The Morgan fingerprint density at radius 2 is 2.00 bits per heavy atom. The first-order valence-electron chi connectivity index (χ1n) is 7.73. The van der Waals surface area contributed by atoms with Crippen LogP contribution in [0.15, 0.2) is 51.7 Å². The van der Waals surface area contributed by atoms with Crippen molar-refractivity contribution in [3.05, 3.63) is 64.2 Å². The van der Waals surface area contributed by atoms with E-state index in [0.29, 0.717) is 21.8 Å². The van der Waals surface area contributed by atoms with Crippen molar-refractivity contribution in [2.24, 2.45) is 0 Å². The predicted molar refractivity (Wildman–Crippen MR) is 94.9 cm³/mol. The number of hydrogen-bond donors (Lipinski definition) is 0. The van der Waals surface area contributed by atoms with Crippen molar-refractivity contribution in [2.45, 2.75) is 26.4 Å². The Hall–Kier alpha value is -2.54. The molecule has 6 nitrogen and oxygen atoms in total. The van der Waals surface area contributed by atoms with Crippen molar-refractivity contribution >= 4 is 21.9 Å². The molecule has 2 aromatic heterocycles. The number of ether oxygens (including phenoxy) is 1. The molecule has 0 aliphatic heterocycles. The molecule has 128 valence electrons. The van der Waals surface area contributed by atoms with E-state index >= 15 is 0 Å². The lowest BCUT2D eigenvalue weighted by Crippen LogP contribution is -2.05. The topological polar surface area (TPSA) is 78.1 Å². The van der Waals surface area contributed by atoms with E-state index in [1.807, 2.05) is 24.3 Å². The lowest BCUT2D eigenvalue weighted by molar-refractivity contribution is 0.0429. The Balaban J connectivity index is 1.64. The molecule has 0 fully saturated rings. The van der Waals surface area contributed by atoms with Crippen LogP contribution in [-0.4, -0.2) is 21.1 Å². The smallest absolute Gasteiger partial charge is 0.340 e. The van der Waals surface area contributed by atoms with E-state index in [9.17, 15) is 4.79 Å². The van der Waals surface area contributed by atoms with Crippen molar-refractivity contribution in [3.63, 3.8) is 0 Å². The SMILES string of the molecule is CC(C)c1ccc(-c2noc(COC(=O)c3cncc(Br)c3)n2)cc1. The van der Waals surface area contributed by atoms with Gasteiger partial charge in [0.2, 0.25) is 5.82 Å². The fourth-order valence-electron chi connectivity index (χ4n) is 2.18. The van der Waals surface area contributed by atoms with E-state index in [0.717, 1.165) is 5.56 Å². The van der Waals surface area contributed by atoms with Gasteiger partial charge in [-0.25, -0.2) is 4.79 Å². The molecule has 0 N–H and O–H groups in total. The number of rotatable bonds is 5. The normalized spacial score (nSPS) is 10.9. The van der Waals surface area contributed by atoms with Crippen LogP contribution in [0.25, 0.3) is 11.4 Å². The second-order valence-corrected chi connectivity index (χ2v) is 6.67. The van der Waals surface area contributed by atoms with Crippen molar-refractivity contribution in [1.29, 1.82) is 0 Å². The van der Waals surface area contributed by atoms with Crippen LogP contribution in [0.1, 0.15) is 41.6 Å². The molecule has 3 aromatic rings. The van der Waals surface area contributed by atoms with Gasteiger partial charge in [-0.3, -0.25) is 4.98 Å². The number of pyridine rings is 1. The highest BCUT2D eigenvalue weighted by Gasteiger charge is 2.13. The van der Waals surface area contributed by atoms with E-state index in [4.69, 9.17) is 9.26 Å². The molecule has 0 spiro atoms. The highest BCUT2D eigenvalue weighted by atomic mass is 79.9. The first kappa shape index (κ1) is 17.3. The molecule has 0 amide bonds. The molecule has 0 aliphatic carbocycles. The van der Waals surface area contributed by atoms with Gasteiger partial charge in [-0.15, -0.1) is 0 Å². The number of carbonyl (C=O) groups excluding carboxylic acids is 1. The standard InChI is InChI=1S/C18H16BrN3O3/c1-11(2)12-3-5-13(6-4-12)17-21-16(25-22-17)10-24-18(23)14-7-15(19)9-20-8-14/h3-9,11H,10H2,1-2H3. The molecule has 3 rings (SSSR count). The summed E-state index contributed by atoms with van der Waals surface area (Å²) in [4.78, 5) is 20.2. The Morgan fingerprint density at radius 1 is 1.24 bits per heavy atom. The first-order chi connectivity index (χ1) is 12.0. The summed E-state index contributed by atoms with van der Waals surface area (Å²) in [6, 6.07) is 9.60. The first-order valence-corrected chi connectivity index (χ1v) is 8.53. The number of nitrogens with zero attached hydrogens (tertiary/aromatic N) is 3. The maximum Gasteiger partial charge on any atom is 0.340 e. The maximum absolute atomic E-state index is 12.0.